The third-order valence-electron chi connectivity index (χ3n) is 8.95. The second-order valence-electron chi connectivity index (χ2n) is 13.0. The number of esters is 1. The molecule has 2 heterocycles. The lowest BCUT2D eigenvalue weighted by molar-refractivity contribution is -0.142. The molecule has 8 nitrogen and oxygen atoms in total. The maximum absolute atomic E-state index is 12.9. The fourth-order valence-electron chi connectivity index (χ4n) is 6.84. The van der Waals surface area contributed by atoms with Crippen LogP contribution in [0.4, 0.5) is 10.6 Å². The molecule has 234 valence electrons. The van der Waals surface area contributed by atoms with Crippen molar-refractivity contribution in [3.05, 3.63) is 89.6 Å². The second kappa shape index (κ2) is 12.1. The first-order chi connectivity index (χ1) is 21.6. The molecule has 2 N–H and O–H groups in total. The summed E-state index contributed by atoms with van der Waals surface area (Å²) in [6, 6.07) is 22.5. The van der Waals surface area contributed by atoms with Gasteiger partial charge >= 0.3 is 12.1 Å². The predicted octanol–water partition coefficient (Wildman–Crippen LogP) is 7.38. The van der Waals surface area contributed by atoms with Gasteiger partial charge in [-0.3, -0.25) is 4.79 Å². The molecule has 0 saturated carbocycles. The van der Waals surface area contributed by atoms with E-state index < -0.39 is 5.60 Å². The number of nitrogen functional groups attached to an aromatic ring is 1. The number of carbonyl (C=O) groups is 2. The van der Waals surface area contributed by atoms with Gasteiger partial charge in [-0.25, -0.2) is 9.78 Å². The SMILES string of the molecule is CCOC(=O)Cc1ccccc1OC1CC2(CCN(C(=O)OC(C)(C)C)CC2)c2ccc(-c3cccc4c(N)nccc34)cc21. The lowest BCUT2D eigenvalue weighted by Crippen LogP contribution is -2.46. The highest BCUT2D eigenvalue weighted by Gasteiger charge is 2.47. The van der Waals surface area contributed by atoms with E-state index in [0.29, 0.717) is 31.3 Å². The fourth-order valence-corrected chi connectivity index (χ4v) is 6.84. The van der Waals surface area contributed by atoms with Crippen LogP contribution in [0, 0.1) is 0 Å². The van der Waals surface area contributed by atoms with Gasteiger partial charge in [0.25, 0.3) is 0 Å². The molecule has 8 heteroatoms. The number of amides is 1. The molecule has 1 atom stereocenters. The monoisotopic (exact) mass is 607 g/mol. The third-order valence-corrected chi connectivity index (χ3v) is 8.95. The van der Waals surface area contributed by atoms with E-state index in [1.807, 2.05) is 75.1 Å². The summed E-state index contributed by atoms with van der Waals surface area (Å²) in [4.78, 5) is 31.4. The van der Waals surface area contributed by atoms with Gasteiger partial charge in [0.15, 0.2) is 0 Å². The molecule has 1 saturated heterocycles. The number of rotatable bonds is 6. The van der Waals surface area contributed by atoms with Crippen LogP contribution in [-0.2, 0) is 26.1 Å². The zero-order valence-electron chi connectivity index (χ0n) is 26.5. The van der Waals surface area contributed by atoms with Crippen molar-refractivity contribution in [3.63, 3.8) is 0 Å². The lowest BCUT2D eigenvalue weighted by Gasteiger charge is -2.40. The predicted molar refractivity (Wildman–Crippen MR) is 175 cm³/mol. The van der Waals surface area contributed by atoms with Crippen molar-refractivity contribution in [2.45, 2.75) is 70.5 Å². The van der Waals surface area contributed by atoms with Crippen molar-refractivity contribution >= 4 is 28.7 Å². The summed E-state index contributed by atoms with van der Waals surface area (Å²) < 4.78 is 17.7. The maximum Gasteiger partial charge on any atom is 0.410 e. The topological polar surface area (TPSA) is 104 Å². The Morgan fingerprint density at radius 1 is 1.00 bits per heavy atom. The Kier molecular flexibility index (Phi) is 8.16. The Morgan fingerprint density at radius 3 is 2.53 bits per heavy atom. The molecule has 0 bridgehead atoms. The molecular weight excluding hydrogens is 566 g/mol. The Balaban J connectivity index is 1.37. The molecule has 1 unspecified atom stereocenters. The largest absolute Gasteiger partial charge is 0.485 e. The van der Waals surface area contributed by atoms with Crippen molar-refractivity contribution in [2.24, 2.45) is 0 Å². The van der Waals surface area contributed by atoms with Crippen LogP contribution >= 0.6 is 0 Å². The number of pyridine rings is 1. The van der Waals surface area contributed by atoms with E-state index in [2.05, 4.69) is 29.2 Å². The molecule has 4 aromatic rings. The van der Waals surface area contributed by atoms with Crippen LogP contribution in [0.2, 0.25) is 0 Å². The maximum atomic E-state index is 12.9. The zero-order chi connectivity index (χ0) is 31.8. The number of carbonyl (C=O) groups excluding carboxylic acids is 2. The quantitative estimate of drug-likeness (QED) is 0.228. The number of hydrogen-bond acceptors (Lipinski definition) is 7. The van der Waals surface area contributed by atoms with E-state index in [9.17, 15) is 9.59 Å². The summed E-state index contributed by atoms with van der Waals surface area (Å²) in [6.45, 7) is 9.04. The van der Waals surface area contributed by atoms with Gasteiger partial charge in [-0.2, -0.15) is 0 Å². The number of nitrogens with zero attached hydrogens (tertiary/aromatic N) is 2. The molecule has 1 amide bonds. The van der Waals surface area contributed by atoms with E-state index in [-0.39, 0.29) is 30.0 Å². The van der Waals surface area contributed by atoms with Crippen LogP contribution in [0.5, 0.6) is 5.75 Å². The molecule has 6 rings (SSSR count). The fraction of sp³-hybridized carbons (Fsp3) is 0.378. The number of para-hydroxylation sites is 1. The van der Waals surface area contributed by atoms with E-state index in [0.717, 1.165) is 52.3 Å². The van der Waals surface area contributed by atoms with Crippen molar-refractivity contribution in [3.8, 4) is 16.9 Å². The molecule has 45 heavy (non-hydrogen) atoms. The van der Waals surface area contributed by atoms with Crippen LogP contribution < -0.4 is 10.5 Å². The molecular formula is C37H41N3O5. The summed E-state index contributed by atoms with van der Waals surface area (Å²) in [5.74, 6) is 0.906. The third kappa shape index (κ3) is 6.19. The van der Waals surface area contributed by atoms with Gasteiger partial charge in [-0.1, -0.05) is 48.5 Å². The van der Waals surface area contributed by atoms with Crippen molar-refractivity contribution in [1.82, 2.24) is 9.88 Å². The van der Waals surface area contributed by atoms with E-state index in [4.69, 9.17) is 19.9 Å². The minimum atomic E-state index is -0.541. The summed E-state index contributed by atoms with van der Waals surface area (Å²) in [7, 11) is 0. The smallest absolute Gasteiger partial charge is 0.410 e. The van der Waals surface area contributed by atoms with Crippen LogP contribution in [0.25, 0.3) is 21.9 Å². The molecule has 1 fully saturated rings. The first kappa shape index (κ1) is 30.4. The van der Waals surface area contributed by atoms with Gasteiger partial charge in [0.05, 0.1) is 13.0 Å². The number of ether oxygens (including phenoxy) is 3. The number of aromatic nitrogens is 1. The van der Waals surface area contributed by atoms with Gasteiger partial charge in [-0.15, -0.1) is 0 Å². The summed E-state index contributed by atoms with van der Waals surface area (Å²) in [6.07, 6.45) is 3.76. The number of nitrogens with two attached hydrogens (primary N) is 1. The van der Waals surface area contributed by atoms with Gasteiger partial charge in [-0.05, 0) is 92.8 Å². The molecule has 1 aromatic heterocycles. The van der Waals surface area contributed by atoms with Gasteiger partial charge in [0.2, 0.25) is 0 Å². The average Bonchev–Trinajstić information content (AvgIpc) is 3.29. The van der Waals surface area contributed by atoms with E-state index in [1.54, 1.807) is 6.20 Å². The molecule has 3 aromatic carbocycles. The normalized spacial score (nSPS) is 17.2. The average molecular weight is 608 g/mol. The number of hydrogen-bond donors (Lipinski definition) is 1. The summed E-state index contributed by atoms with van der Waals surface area (Å²) >= 11 is 0. The van der Waals surface area contributed by atoms with Gasteiger partial charge in [0, 0.05) is 35.7 Å². The van der Waals surface area contributed by atoms with Crippen molar-refractivity contribution < 1.29 is 23.8 Å². The number of likely N-dealkylation sites (tertiary alicyclic amines) is 1. The highest BCUT2D eigenvalue weighted by molar-refractivity contribution is 6.01. The van der Waals surface area contributed by atoms with Crippen molar-refractivity contribution in [1.29, 1.82) is 0 Å². The van der Waals surface area contributed by atoms with Crippen LogP contribution in [0.3, 0.4) is 0 Å². The molecule has 1 aliphatic carbocycles. The first-order valence-corrected chi connectivity index (χ1v) is 15.7. The van der Waals surface area contributed by atoms with Crippen LogP contribution in [0.1, 0.15) is 69.8 Å². The van der Waals surface area contributed by atoms with E-state index in [1.165, 1.54) is 5.56 Å². The molecule has 0 radical (unpaired) electrons. The van der Waals surface area contributed by atoms with Crippen molar-refractivity contribution in [2.75, 3.05) is 25.4 Å². The highest BCUT2D eigenvalue weighted by Crippen LogP contribution is 2.53. The molecule has 2 aliphatic rings. The highest BCUT2D eigenvalue weighted by atomic mass is 16.6. The Bertz CT molecular complexity index is 1740. The van der Waals surface area contributed by atoms with Crippen LogP contribution in [0.15, 0.2) is 72.9 Å². The summed E-state index contributed by atoms with van der Waals surface area (Å²) in [5, 5.41) is 1.96. The lowest BCUT2D eigenvalue weighted by atomic mass is 9.73. The second-order valence-corrected chi connectivity index (χ2v) is 13.0. The number of benzene rings is 3. The first-order valence-electron chi connectivity index (χ1n) is 15.7. The molecule has 1 spiro atoms. The van der Waals surface area contributed by atoms with Gasteiger partial charge in [0.1, 0.15) is 23.3 Å². The van der Waals surface area contributed by atoms with Crippen LogP contribution in [-0.4, -0.2) is 47.2 Å². The zero-order valence-corrected chi connectivity index (χ0v) is 26.5. The minimum Gasteiger partial charge on any atom is -0.485 e. The molecule has 1 aliphatic heterocycles. The Morgan fingerprint density at radius 2 is 1.78 bits per heavy atom. The Labute approximate surface area is 264 Å². The number of anilines is 1. The number of piperidine rings is 1. The standard InChI is InChI=1S/C37H41N3O5/c1-5-43-33(41)22-25-9-6-7-12-31(25)44-32-23-37(16-19-40(20-17-37)35(42)45-36(2,3)4)30-14-13-24(21-29(30)32)26-10-8-11-28-27(26)15-18-39-34(28)38/h6-15,18,21,32H,5,16-17,19-20,22-23H2,1-4H3,(H2,38,39). The number of fused-ring (bicyclic) bond motifs is 3. The minimum absolute atomic E-state index is 0.144. The Hall–Kier alpha value is -4.59. The van der Waals surface area contributed by atoms with E-state index >= 15 is 0 Å². The van der Waals surface area contributed by atoms with Gasteiger partial charge < -0.3 is 24.8 Å². The summed E-state index contributed by atoms with van der Waals surface area (Å²) in [5.41, 5.74) is 10.9.